The van der Waals surface area contributed by atoms with Gasteiger partial charge < -0.3 is 5.32 Å². The number of sulfonamides is 1. The molecule has 2 aromatic rings. The van der Waals surface area contributed by atoms with Crippen molar-refractivity contribution in [3.05, 3.63) is 58.6 Å². The molecule has 0 spiro atoms. The standard InChI is InChI=1S/C22H27ClN2O3S/c1-16-15-18(23)10-13-21(16)24-22(26)14-9-17-7-11-20(12-8-17)29(27,28)25-19-5-3-2-4-6-19/h7-8,10-13,15,19,25H,2-6,9,14H2,1H3,(H,24,26). The highest BCUT2D eigenvalue weighted by Crippen LogP contribution is 2.21. The first-order chi connectivity index (χ1) is 13.8. The molecule has 156 valence electrons. The quantitative estimate of drug-likeness (QED) is 0.655. The lowest BCUT2D eigenvalue weighted by Gasteiger charge is -2.22. The highest BCUT2D eigenvalue weighted by Gasteiger charge is 2.21. The molecule has 0 radical (unpaired) electrons. The molecule has 7 heteroatoms. The largest absolute Gasteiger partial charge is 0.326 e. The minimum absolute atomic E-state index is 0.0356. The highest BCUT2D eigenvalue weighted by atomic mass is 35.5. The van der Waals surface area contributed by atoms with Gasteiger partial charge in [0, 0.05) is 23.2 Å². The Kier molecular flexibility index (Phi) is 7.33. The summed E-state index contributed by atoms with van der Waals surface area (Å²) in [6.07, 6.45) is 5.98. The normalized spacial score (nSPS) is 15.2. The number of hydrogen-bond donors (Lipinski definition) is 2. The fraction of sp³-hybridized carbons (Fsp3) is 0.409. The Balaban J connectivity index is 1.53. The van der Waals surface area contributed by atoms with E-state index in [0.29, 0.717) is 17.9 Å². The lowest BCUT2D eigenvalue weighted by Crippen LogP contribution is -2.36. The van der Waals surface area contributed by atoms with Crippen LogP contribution in [0.3, 0.4) is 0 Å². The lowest BCUT2D eigenvalue weighted by atomic mass is 9.96. The summed E-state index contributed by atoms with van der Waals surface area (Å²) in [5.41, 5.74) is 2.57. The number of rotatable bonds is 7. The summed E-state index contributed by atoms with van der Waals surface area (Å²) in [5, 5.41) is 3.52. The molecule has 0 aromatic heterocycles. The van der Waals surface area contributed by atoms with E-state index in [0.717, 1.165) is 42.5 Å². The van der Waals surface area contributed by atoms with E-state index in [1.807, 2.05) is 6.92 Å². The number of hydrogen-bond acceptors (Lipinski definition) is 3. The third-order valence-electron chi connectivity index (χ3n) is 5.26. The minimum atomic E-state index is -3.50. The third kappa shape index (κ3) is 6.29. The maximum absolute atomic E-state index is 12.6. The van der Waals surface area contributed by atoms with E-state index >= 15 is 0 Å². The zero-order valence-electron chi connectivity index (χ0n) is 16.6. The molecule has 0 unspecified atom stereocenters. The number of halogens is 1. The SMILES string of the molecule is Cc1cc(Cl)ccc1NC(=O)CCc1ccc(S(=O)(=O)NC2CCCCC2)cc1. The molecule has 0 saturated heterocycles. The van der Waals surface area contributed by atoms with E-state index in [2.05, 4.69) is 10.0 Å². The van der Waals surface area contributed by atoms with Crippen molar-refractivity contribution < 1.29 is 13.2 Å². The van der Waals surface area contributed by atoms with Gasteiger partial charge in [0.05, 0.1) is 4.90 Å². The second-order valence-electron chi connectivity index (χ2n) is 7.61. The van der Waals surface area contributed by atoms with E-state index in [4.69, 9.17) is 11.6 Å². The number of benzene rings is 2. The predicted octanol–water partition coefficient (Wildman–Crippen LogP) is 4.83. The van der Waals surface area contributed by atoms with Crippen LogP contribution in [-0.4, -0.2) is 20.4 Å². The Morgan fingerprint density at radius 1 is 1.07 bits per heavy atom. The van der Waals surface area contributed by atoms with Crippen LogP contribution in [-0.2, 0) is 21.2 Å². The fourth-order valence-corrected chi connectivity index (χ4v) is 5.11. The first-order valence-electron chi connectivity index (χ1n) is 10.0. The number of aryl methyl sites for hydroxylation is 2. The molecule has 5 nitrogen and oxygen atoms in total. The molecule has 1 aliphatic carbocycles. The van der Waals surface area contributed by atoms with Gasteiger partial charge in [0.1, 0.15) is 0 Å². The van der Waals surface area contributed by atoms with Crippen molar-refractivity contribution in [3.63, 3.8) is 0 Å². The van der Waals surface area contributed by atoms with Crippen molar-refractivity contribution in [3.8, 4) is 0 Å². The predicted molar refractivity (Wildman–Crippen MR) is 117 cm³/mol. The molecule has 1 fully saturated rings. The van der Waals surface area contributed by atoms with E-state index < -0.39 is 10.0 Å². The van der Waals surface area contributed by atoms with Gasteiger partial charge >= 0.3 is 0 Å². The second-order valence-corrected chi connectivity index (χ2v) is 9.76. The van der Waals surface area contributed by atoms with Crippen molar-refractivity contribution in [2.45, 2.75) is 62.8 Å². The van der Waals surface area contributed by atoms with Crippen LogP contribution in [0.1, 0.15) is 49.7 Å². The van der Waals surface area contributed by atoms with Gasteiger partial charge in [-0.05, 0) is 67.6 Å². The molecule has 0 aliphatic heterocycles. The zero-order chi connectivity index (χ0) is 20.9. The lowest BCUT2D eigenvalue weighted by molar-refractivity contribution is -0.116. The number of amides is 1. The van der Waals surface area contributed by atoms with Gasteiger partial charge in [-0.1, -0.05) is 43.0 Å². The molecule has 2 N–H and O–H groups in total. The van der Waals surface area contributed by atoms with Crippen molar-refractivity contribution >= 4 is 33.2 Å². The van der Waals surface area contributed by atoms with Crippen molar-refractivity contribution in [2.75, 3.05) is 5.32 Å². The number of anilines is 1. The van der Waals surface area contributed by atoms with E-state index in [1.165, 1.54) is 6.42 Å². The van der Waals surface area contributed by atoms with E-state index in [1.54, 1.807) is 42.5 Å². The molecule has 1 amide bonds. The summed E-state index contributed by atoms with van der Waals surface area (Å²) >= 11 is 5.93. The molecule has 1 saturated carbocycles. The monoisotopic (exact) mass is 434 g/mol. The molecular weight excluding hydrogens is 408 g/mol. The summed E-state index contributed by atoms with van der Waals surface area (Å²) < 4.78 is 27.9. The van der Waals surface area contributed by atoms with Gasteiger partial charge in [0.2, 0.25) is 15.9 Å². The second kappa shape index (κ2) is 9.74. The molecule has 2 aromatic carbocycles. The van der Waals surface area contributed by atoms with E-state index in [-0.39, 0.29) is 16.8 Å². The van der Waals surface area contributed by atoms with Crippen molar-refractivity contribution in [1.29, 1.82) is 0 Å². The summed E-state index contributed by atoms with van der Waals surface area (Å²) in [5.74, 6) is -0.0916. The number of nitrogens with one attached hydrogen (secondary N) is 2. The van der Waals surface area contributed by atoms with Crippen LogP contribution in [0.15, 0.2) is 47.4 Å². The van der Waals surface area contributed by atoms with Gasteiger partial charge in [-0.15, -0.1) is 0 Å². The van der Waals surface area contributed by atoms with Crippen LogP contribution in [0.2, 0.25) is 5.02 Å². The average molecular weight is 435 g/mol. The molecule has 3 rings (SSSR count). The van der Waals surface area contributed by atoms with Crippen LogP contribution in [0.5, 0.6) is 0 Å². The molecule has 0 bridgehead atoms. The van der Waals surface area contributed by atoms with Crippen molar-refractivity contribution in [2.24, 2.45) is 0 Å². The summed E-state index contributed by atoms with van der Waals surface area (Å²) in [7, 11) is -3.50. The summed E-state index contributed by atoms with van der Waals surface area (Å²) in [4.78, 5) is 12.5. The highest BCUT2D eigenvalue weighted by molar-refractivity contribution is 7.89. The Hall–Kier alpha value is -1.89. The molecule has 0 atom stereocenters. The number of carbonyl (C=O) groups is 1. The molecule has 0 heterocycles. The van der Waals surface area contributed by atoms with Gasteiger partial charge in [-0.25, -0.2) is 13.1 Å². The van der Waals surface area contributed by atoms with Crippen molar-refractivity contribution in [1.82, 2.24) is 4.72 Å². The first kappa shape index (κ1) is 21.8. The van der Waals surface area contributed by atoms with Crippen LogP contribution >= 0.6 is 11.6 Å². The van der Waals surface area contributed by atoms with Gasteiger partial charge in [-0.2, -0.15) is 0 Å². The van der Waals surface area contributed by atoms with Gasteiger partial charge in [0.15, 0.2) is 0 Å². The topological polar surface area (TPSA) is 75.3 Å². The Morgan fingerprint density at radius 3 is 2.41 bits per heavy atom. The number of carbonyl (C=O) groups excluding carboxylic acids is 1. The molecule has 1 aliphatic rings. The maximum atomic E-state index is 12.6. The zero-order valence-corrected chi connectivity index (χ0v) is 18.2. The van der Waals surface area contributed by atoms with E-state index in [9.17, 15) is 13.2 Å². The van der Waals surface area contributed by atoms with Crippen LogP contribution in [0.4, 0.5) is 5.69 Å². The molecular formula is C22H27ClN2O3S. The molecule has 29 heavy (non-hydrogen) atoms. The average Bonchev–Trinajstić information content (AvgIpc) is 2.69. The van der Waals surface area contributed by atoms with Crippen LogP contribution in [0, 0.1) is 6.92 Å². The Labute approximate surface area is 177 Å². The van der Waals surface area contributed by atoms with Gasteiger partial charge in [-0.3, -0.25) is 4.79 Å². The first-order valence-corrected chi connectivity index (χ1v) is 11.9. The Bertz CT molecular complexity index is 953. The third-order valence-corrected chi connectivity index (χ3v) is 7.04. The smallest absolute Gasteiger partial charge is 0.240 e. The van der Waals surface area contributed by atoms with Crippen LogP contribution < -0.4 is 10.0 Å². The summed E-state index contributed by atoms with van der Waals surface area (Å²) in [6, 6.07) is 12.1. The van der Waals surface area contributed by atoms with Crippen LogP contribution in [0.25, 0.3) is 0 Å². The summed E-state index contributed by atoms with van der Waals surface area (Å²) in [6.45, 7) is 1.89. The van der Waals surface area contributed by atoms with Gasteiger partial charge in [0.25, 0.3) is 0 Å². The minimum Gasteiger partial charge on any atom is -0.326 e. The Morgan fingerprint density at radius 2 is 1.76 bits per heavy atom. The fourth-order valence-electron chi connectivity index (χ4n) is 3.58. The maximum Gasteiger partial charge on any atom is 0.240 e.